The number of anilines is 1. The van der Waals surface area contributed by atoms with Crippen LogP contribution < -0.4 is 10.2 Å². The van der Waals surface area contributed by atoms with Crippen molar-refractivity contribution in [2.45, 2.75) is 18.9 Å². The molecule has 1 aromatic carbocycles. The number of aliphatic hydroxyl groups excluding tert-OH is 1. The predicted octanol–water partition coefficient (Wildman–Crippen LogP) is 2.01. The van der Waals surface area contributed by atoms with Gasteiger partial charge in [-0.2, -0.15) is 0 Å². The Balaban J connectivity index is 1.50. The number of aliphatic hydroxyl groups is 1. The van der Waals surface area contributed by atoms with Crippen molar-refractivity contribution in [2.75, 3.05) is 18.0 Å². The molecule has 3 rings (SSSR count). The fraction of sp³-hybridized carbons (Fsp3) is 0.333. The molecule has 1 fully saturated rings. The molecule has 2 N–H and O–H groups in total. The quantitative estimate of drug-likeness (QED) is 0.838. The van der Waals surface area contributed by atoms with E-state index in [9.17, 15) is 19.1 Å². The zero-order valence-electron chi connectivity index (χ0n) is 13.5. The molecule has 7 heteroatoms. The minimum Gasteiger partial charge on any atom is -0.467 e. The van der Waals surface area contributed by atoms with Crippen LogP contribution in [0.5, 0.6) is 0 Å². The summed E-state index contributed by atoms with van der Waals surface area (Å²) in [6, 6.07) is 8.96. The number of nitrogens with zero attached hydrogens (tertiary/aromatic N) is 1. The van der Waals surface area contributed by atoms with Gasteiger partial charge >= 0.3 is 0 Å². The van der Waals surface area contributed by atoms with Crippen LogP contribution in [-0.2, 0) is 9.59 Å². The van der Waals surface area contributed by atoms with Gasteiger partial charge in [-0.05, 0) is 42.8 Å². The summed E-state index contributed by atoms with van der Waals surface area (Å²) in [6.45, 7) is 0.541. The summed E-state index contributed by atoms with van der Waals surface area (Å²) in [5.74, 6) is -0.780. The van der Waals surface area contributed by atoms with E-state index in [2.05, 4.69) is 5.32 Å². The number of carbonyl (C=O) groups is 2. The van der Waals surface area contributed by atoms with E-state index in [0.717, 1.165) is 0 Å². The van der Waals surface area contributed by atoms with Crippen molar-refractivity contribution in [1.82, 2.24) is 5.32 Å². The molecule has 1 saturated heterocycles. The first-order chi connectivity index (χ1) is 12.0. The van der Waals surface area contributed by atoms with Crippen molar-refractivity contribution in [3.05, 3.63) is 54.2 Å². The van der Waals surface area contributed by atoms with E-state index in [-0.39, 0.29) is 37.1 Å². The summed E-state index contributed by atoms with van der Waals surface area (Å²) in [6.07, 6.45) is 1.13. The van der Waals surface area contributed by atoms with Crippen molar-refractivity contribution >= 4 is 17.5 Å². The second kappa shape index (κ2) is 7.48. The van der Waals surface area contributed by atoms with E-state index in [0.29, 0.717) is 17.9 Å². The van der Waals surface area contributed by atoms with E-state index in [1.807, 2.05) is 0 Å². The maximum absolute atomic E-state index is 13.0. The maximum atomic E-state index is 13.0. The van der Waals surface area contributed by atoms with Gasteiger partial charge in [-0.3, -0.25) is 9.59 Å². The fourth-order valence-electron chi connectivity index (χ4n) is 2.85. The molecule has 0 saturated carbocycles. The average molecular weight is 346 g/mol. The van der Waals surface area contributed by atoms with Crippen LogP contribution in [0.2, 0.25) is 0 Å². The molecule has 2 atom stereocenters. The van der Waals surface area contributed by atoms with Crippen molar-refractivity contribution in [1.29, 1.82) is 0 Å². The van der Waals surface area contributed by atoms with Gasteiger partial charge in [0.25, 0.3) is 0 Å². The van der Waals surface area contributed by atoms with Crippen LogP contribution >= 0.6 is 0 Å². The number of amides is 2. The van der Waals surface area contributed by atoms with Crippen LogP contribution in [-0.4, -0.2) is 30.0 Å². The van der Waals surface area contributed by atoms with Crippen molar-refractivity contribution < 1.29 is 23.5 Å². The predicted molar refractivity (Wildman–Crippen MR) is 88.2 cm³/mol. The van der Waals surface area contributed by atoms with Gasteiger partial charge in [0.15, 0.2) is 0 Å². The number of halogens is 1. The molecule has 0 unspecified atom stereocenters. The van der Waals surface area contributed by atoms with Gasteiger partial charge in [-0.1, -0.05) is 0 Å². The Kier molecular flexibility index (Phi) is 5.14. The molecular weight excluding hydrogens is 327 g/mol. The topological polar surface area (TPSA) is 82.8 Å². The van der Waals surface area contributed by atoms with Gasteiger partial charge in [0.05, 0.1) is 12.2 Å². The van der Waals surface area contributed by atoms with Gasteiger partial charge in [0.1, 0.15) is 17.7 Å². The lowest BCUT2D eigenvalue weighted by molar-refractivity contribution is -0.126. The molecular formula is C18H19FN2O4. The number of nitrogens with one attached hydrogen (secondary N) is 1. The zero-order valence-corrected chi connectivity index (χ0v) is 13.5. The molecule has 132 valence electrons. The lowest BCUT2D eigenvalue weighted by atomic mass is 10.1. The molecule has 6 nitrogen and oxygen atoms in total. The van der Waals surface area contributed by atoms with Gasteiger partial charge < -0.3 is 19.7 Å². The van der Waals surface area contributed by atoms with Crippen molar-refractivity contribution in [3.8, 4) is 0 Å². The smallest absolute Gasteiger partial charge is 0.227 e. The van der Waals surface area contributed by atoms with E-state index in [1.165, 1.54) is 35.4 Å². The van der Waals surface area contributed by atoms with Gasteiger partial charge in [0.2, 0.25) is 11.8 Å². The fourth-order valence-corrected chi connectivity index (χ4v) is 2.85. The third kappa shape index (κ3) is 4.06. The molecule has 1 aliphatic rings. The summed E-state index contributed by atoms with van der Waals surface area (Å²) in [5.41, 5.74) is 0.579. The summed E-state index contributed by atoms with van der Waals surface area (Å²) in [7, 11) is 0. The van der Waals surface area contributed by atoms with E-state index in [4.69, 9.17) is 4.42 Å². The highest BCUT2D eigenvalue weighted by molar-refractivity contribution is 6.00. The average Bonchev–Trinajstić information content (AvgIpc) is 3.25. The second-order valence-corrected chi connectivity index (χ2v) is 5.99. The van der Waals surface area contributed by atoms with Gasteiger partial charge in [-0.15, -0.1) is 0 Å². The Morgan fingerprint density at radius 1 is 1.36 bits per heavy atom. The minimum atomic E-state index is -0.781. The summed E-state index contributed by atoms with van der Waals surface area (Å²) in [5, 5.41) is 12.6. The standard InChI is InChI=1S/C18H19FN2O4/c19-13-3-5-14(6-4-13)21-11-12(10-17(21)23)18(24)20-8-7-15(22)16-2-1-9-25-16/h1-6,9,12,15,22H,7-8,10-11H2,(H,20,24)/t12-,15-/m0/s1. The number of furan rings is 1. The summed E-state index contributed by atoms with van der Waals surface area (Å²) >= 11 is 0. The van der Waals surface area contributed by atoms with Gasteiger partial charge in [0, 0.05) is 25.2 Å². The number of carbonyl (C=O) groups excluding carboxylic acids is 2. The first kappa shape index (κ1) is 17.2. The van der Waals surface area contributed by atoms with Crippen LogP contribution in [0.3, 0.4) is 0 Å². The normalized spacial score (nSPS) is 18.4. The molecule has 0 aliphatic carbocycles. The highest BCUT2D eigenvalue weighted by Gasteiger charge is 2.35. The molecule has 2 amide bonds. The third-order valence-corrected chi connectivity index (χ3v) is 4.22. The second-order valence-electron chi connectivity index (χ2n) is 5.99. The molecule has 1 aliphatic heterocycles. The maximum Gasteiger partial charge on any atom is 0.227 e. The molecule has 0 spiro atoms. The molecule has 1 aromatic heterocycles. The molecule has 0 radical (unpaired) electrons. The highest BCUT2D eigenvalue weighted by Crippen LogP contribution is 2.25. The van der Waals surface area contributed by atoms with Crippen LogP contribution in [0.15, 0.2) is 47.1 Å². The zero-order chi connectivity index (χ0) is 17.8. The lowest BCUT2D eigenvalue weighted by Crippen LogP contribution is -2.34. The molecule has 0 bridgehead atoms. The SMILES string of the molecule is O=C(NCC[C@H](O)c1ccco1)[C@H]1CC(=O)N(c2ccc(F)cc2)C1. The van der Waals surface area contributed by atoms with Crippen LogP contribution in [0, 0.1) is 11.7 Å². The minimum absolute atomic E-state index is 0.115. The van der Waals surface area contributed by atoms with Crippen molar-refractivity contribution in [3.63, 3.8) is 0 Å². The van der Waals surface area contributed by atoms with E-state index < -0.39 is 12.0 Å². The van der Waals surface area contributed by atoms with E-state index in [1.54, 1.807) is 12.1 Å². The Labute approximate surface area is 144 Å². The first-order valence-corrected chi connectivity index (χ1v) is 8.09. The molecule has 25 heavy (non-hydrogen) atoms. The first-order valence-electron chi connectivity index (χ1n) is 8.09. The Bertz CT molecular complexity index is 730. The summed E-state index contributed by atoms with van der Waals surface area (Å²) in [4.78, 5) is 25.8. The van der Waals surface area contributed by atoms with Gasteiger partial charge in [-0.25, -0.2) is 4.39 Å². The van der Waals surface area contributed by atoms with Crippen LogP contribution in [0.4, 0.5) is 10.1 Å². The van der Waals surface area contributed by atoms with E-state index >= 15 is 0 Å². The monoisotopic (exact) mass is 346 g/mol. The molecule has 2 aromatic rings. The number of benzene rings is 1. The van der Waals surface area contributed by atoms with Crippen LogP contribution in [0.1, 0.15) is 24.7 Å². The van der Waals surface area contributed by atoms with Crippen molar-refractivity contribution in [2.24, 2.45) is 5.92 Å². The number of hydrogen-bond donors (Lipinski definition) is 2. The van der Waals surface area contributed by atoms with Crippen LogP contribution in [0.25, 0.3) is 0 Å². The lowest BCUT2D eigenvalue weighted by Gasteiger charge is -2.17. The number of hydrogen-bond acceptors (Lipinski definition) is 4. The molecule has 2 heterocycles. The largest absolute Gasteiger partial charge is 0.467 e. The summed E-state index contributed by atoms with van der Waals surface area (Å²) < 4.78 is 18.1. The Morgan fingerprint density at radius 3 is 2.80 bits per heavy atom. The third-order valence-electron chi connectivity index (χ3n) is 4.22. The Morgan fingerprint density at radius 2 is 2.12 bits per heavy atom. The number of rotatable bonds is 6. The Hall–Kier alpha value is -2.67. The highest BCUT2D eigenvalue weighted by atomic mass is 19.1.